The third kappa shape index (κ3) is 3.03. The Labute approximate surface area is 121 Å². The van der Waals surface area contributed by atoms with Crippen LogP contribution in [0.2, 0.25) is 0 Å². The number of rotatable bonds is 4. The van der Waals surface area contributed by atoms with Gasteiger partial charge < -0.3 is 10.5 Å². The summed E-state index contributed by atoms with van der Waals surface area (Å²) in [5, 5.41) is 0. The van der Waals surface area contributed by atoms with Crippen molar-refractivity contribution < 1.29 is 17.9 Å². The first-order valence-corrected chi connectivity index (χ1v) is 6.58. The van der Waals surface area contributed by atoms with Crippen LogP contribution < -0.4 is 10.5 Å². The molecule has 2 rings (SSSR count). The van der Waals surface area contributed by atoms with Crippen molar-refractivity contribution in [2.45, 2.75) is 19.9 Å². The second-order valence-electron chi connectivity index (χ2n) is 4.72. The van der Waals surface area contributed by atoms with Crippen molar-refractivity contribution in [2.75, 3.05) is 6.61 Å². The zero-order valence-electron chi connectivity index (χ0n) is 11.8. The lowest BCUT2D eigenvalue weighted by Gasteiger charge is -2.18. The molecule has 0 spiro atoms. The molecule has 2 nitrogen and oxygen atoms in total. The summed E-state index contributed by atoms with van der Waals surface area (Å²) >= 11 is 0. The Morgan fingerprint density at radius 3 is 2.43 bits per heavy atom. The number of nitrogens with two attached hydrogens (primary N) is 1. The predicted octanol–water partition coefficient (Wildman–Crippen LogP) is 3.86. The van der Waals surface area contributed by atoms with Crippen LogP contribution in [0.1, 0.15) is 29.7 Å². The number of halogens is 3. The molecule has 0 aromatic heterocycles. The number of aryl methyl sites for hydroxylation is 1. The molecule has 0 aliphatic heterocycles. The SMILES string of the molecule is CCOc1ccc(C)cc1C(N)c1ccc(F)c(F)c1F. The van der Waals surface area contributed by atoms with E-state index in [0.29, 0.717) is 17.9 Å². The molecule has 2 aromatic carbocycles. The average molecular weight is 295 g/mol. The molecule has 0 aliphatic carbocycles. The number of hydrogen-bond donors (Lipinski definition) is 1. The summed E-state index contributed by atoms with van der Waals surface area (Å²) in [5.74, 6) is -3.53. The molecule has 0 fully saturated rings. The largest absolute Gasteiger partial charge is 0.494 e. The first-order valence-electron chi connectivity index (χ1n) is 6.58. The van der Waals surface area contributed by atoms with Gasteiger partial charge in [0, 0.05) is 11.1 Å². The van der Waals surface area contributed by atoms with Crippen molar-refractivity contribution in [1.29, 1.82) is 0 Å². The molecule has 1 atom stereocenters. The van der Waals surface area contributed by atoms with Gasteiger partial charge in [-0.3, -0.25) is 0 Å². The number of ether oxygens (including phenoxy) is 1. The van der Waals surface area contributed by atoms with E-state index in [1.807, 2.05) is 19.9 Å². The highest BCUT2D eigenvalue weighted by molar-refractivity contribution is 5.44. The molecule has 0 radical (unpaired) electrons. The maximum absolute atomic E-state index is 13.9. The molecule has 0 saturated carbocycles. The van der Waals surface area contributed by atoms with E-state index in [1.54, 1.807) is 12.1 Å². The minimum atomic E-state index is -1.52. The van der Waals surface area contributed by atoms with Crippen LogP contribution in [0.5, 0.6) is 5.75 Å². The molecule has 21 heavy (non-hydrogen) atoms. The van der Waals surface area contributed by atoms with Crippen LogP contribution in [0.25, 0.3) is 0 Å². The third-order valence-corrected chi connectivity index (χ3v) is 3.20. The van der Waals surface area contributed by atoms with E-state index < -0.39 is 23.5 Å². The highest BCUT2D eigenvalue weighted by atomic mass is 19.2. The summed E-state index contributed by atoms with van der Waals surface area (Å²) < 4.78 is 45.7. The van der Waals surface area contributed by atoms with Crippen LogP contribution in [0, 0.1) is 24.4 Å². The minimum Gasteiger partial charge on any atom is -0.494 e. The molecule has 1 unspecified atom stereocenters. The summed E-state index contributed by atoms with van der Waals surface area (Å²) in [6, 6.07) is 6.38. The summed E-state index contributed by atoms with van der Waals surface area (Å²) in [6.45, 7) is 4.09. The van der Waals surface area contributed by atoms with Gasteiger partial charge >= 0.3 is 0 Å². The first-order chi connectivity index (χ1) is 9.95. The van der Waals surface area contributed by atoms with Crippen molar-refractivity contribution in [1.82, 2.24) is 0 Å². The Morgan fingerprint density at radius 2 is 1.76 bits per heavy atom. The van der Waals surface area contributed by atoms with Gasteiger partial charge in [0.15, 0.2) is 17.5 Å². The summed E-state index contributed by atoms with van der Waals surface area (Å²) in [4.78, 5) is 0. The monoisotopic (exact) mass is 295 g/mol. The van der Waals surface area contributed by atoms with Crippen LogP contribution in [-0.4, -0.2) is 6.61 Å². The van der Waals surface area contributed by atoms with Crippen molar-refractivity contribution in [2.24, 2.45) is 5.73 Å². The topological polar surface area (TPSA) is 35.2 Å². The van der Waals surface area contributed by atoms with E-state index in [-0.39, 0.29) is 5.56 Å². The lowest BCUT2D eigenvalue weighted by atomic mass is 9.96. The van der Waals surface area contributed by atoms with Crippen molar-refractivity contribution in [3.8, 4) is 5.75 Å². The number of hydrogen-bond acceptors (Lipinski definition) is 2. The fourth-order valence-electron chi connectivity index (χ4n) is 2.15. The molecular weight excluding hydrogens is 279 g/mol. The van der Waals surface area contributed by atoms with Gasteiger partial charge in [0.25, 0.3) is 0 Å². The van der Waals surface area contributed by atoms with E-state index in [1.165, 1.54) is 0 Å². The first kappa shape index (κ1) is 15.4. The van der Waals surface area contributed by atoms with Crippen molar-refractivity contribution >= 4 is 0 Å². The Kier molecular flexibility index (Phi) is 4.53. The van der Waals surface area contributed by atoms with E-state index in [4.69, 9.17) is 10.5 Å². The number of benzene rings is 2. The summed E-state index contributed by atoms with van der Waals surface area (Å²) in [7, 11) is 0. The molecule has 2 aromatic rings. The second-order valence-corrected chi connectivity index (χ2v) is 4.72. The van der Waals surface area contributed by atoms with Gasteiger partial charge in [-0.25, -0.2) is 13.2 Å². The zero-order valence-corrected chi connectivity index (χ0v) is 11.8. The Bertz CT molecular complexity index is 658. The third-order valence-electron chi connectivity index (χ3n) is 3.20. The van der Waals surface area contributed by atoms with Crippen molar-refractivity contribution in [3.05, 3.63) is 64.5 Å². The molecule has 5 heteroatoms. The van der Waals surface area contributed by atoms with Crippen LogP contribution >= 0.6 is 0 Å². The van der Waals surface area contributed by atoms with Gasteiger partial charge in [-0.1, -0.05) is 23.8 Å². The predicted molar refractivity (Wildman–Crippen MR) is 74.7 cm³/mol. The molecule has 0 heterocycles. The van der Waals surface area contributed by atoms with Gasteiger partial charge in [-0.05, 0) is 26.0 Å². The van der Waals surface area contributed by atoms with Gasteiger partial charge in [-0.15, -0.1) is 0 Å². The molecule has 0 amide bonds. The normalized spacial score (nSPS) is 12.3. The Balaban J connectivity index is 2.51. The standard InChI is InChI=1S/C16H16F3NO/c1-3-21-13-7-4-9(2)8-11(13)16(20)10-5-6-12(17)15(19)14(10)18/h4-8,16H,3,20H2,1-2H3. The van der Waals surface area contributed by atoms with Crippen molar-refractivity contribution in [3.63, 3.8) is 0 Å². The molecule has 112 valence electrons. The van der Waals surface area contributed by atoms with E-state index in [2.05, 4.69) is 0 Å². The minimum absolute atomic E-state index is 0.111. The van der Waals surface area contributed by atoms with Crippen LogP contribution in [-0.2, 0) is 0 Å². The zero-order chi connectivity index (χ0) is 15.6. The van der Waals surface area contributed by atoms with Gasteiger partial charge in [0.05, 0.1) is 12.6 Å². The smallest absolute Gasteiger partial charge is 0.194 e. The maximum atomic E-state index is 13.9. The van der Waals surface area contributed by atoms with Gasteiger partial charge in [-0.2, -0.15) is 0 Å². The average Bonchev–Trinajstić information content (AvgIpc) is 2.46. The Morgan fingerprint density at radius 1 is 1.05 bits per heavy atom. The molecule has 0 saturated heterocycles. The van der Waals surface area contributed by atoms with E-state index in [9.17, 15) is 13.2 Å². The van der Waals surface area contributed by atoms with Gasteiger partial charge in [0.1, 0.15) is 5.75 Å². The molecule has 2 N–H and O–H groups in total. The van der Waals surface area contributed by atoms with Crippen LogP contribution in [0.3, 0.4) is 0 Å². The van der Waals surface area contributed by atoms with E-state index in [0.717, 1.165) is 17.7 Å². The summed E-state index contributed by atoms with van der Waals surface area (Å²) in [6.07, 6.45) is 0. The van der Waals surface area contributed by atoms with Crippen LogP contribution in [0.15, 0.2) is 30.3 Å². The maximum Gasteiger partial charge on any atom is 0.194 e. The fraction of sp³-hybridized carbons (Fsp3) is 0.250. The highest BCUT2D eigenvalue weighted by Crippen LogP contribution is 2.31. The lowest BCUT2D eigenvalue weighted by molar-refractivity contribution is 0.335. The highest BCUT2D eigenvalue weighted by Gasteiger charge is 2.22. The molecule has 0 aliphatic rings. The quantitative estimate of drug-likeness (QED) is 0.869. The summed E-state index contributed by atoms with van der Waals surface area (Å²) in [5.41, 5.74) is 7.35. The molecular formula is C16H16F3NO. The van der Waals surface area contributed by atoms with E-state index >= 15 is 0 Å². The lowest BCUT2D eigenvalue weighted by Crippen LogP contribution is -2.16. The fourth-order valence-corrected chi connectivity index (χ4v) is 2.15. The second kappa shape index (κ2) is 6.18. The van der Waals surface area contributed by atoms with Crippen LogP contribution in [0.4, 0.5) is 13.2 Å². The Hall–Kier alpha value is -2.01. The molecule has 0 bridgehead atoms. The van der Waals surface area contributed by atoms with Gasteiger partial charge in [0.2, 0.25) is 0 Å².